The summed E-state index contributed by atoms with van der Waals surface area (Å²) in [7, 11) is 0. The molecule has 0 aliphatic carbocycles. The van der Waals surface area contributed by atoms with Crippen molar-refractivity contribution < 1.29 is 9.32 Å². The Morgan fingerprint density at radius 1 is 1.45 bits per heavy atom. The first kappa shape index (κ1) is 14.7. The molecule has 7 nitrogen and oxygen atoms in total. The molecule has 1 fully saturated rings. The van der Waals surface area contributed by atoms with Crippen LogP contribution in [-0.4, -0.2) is 43.8 Å². The van der Waals surface area contributed by atoms with Gasteiger partial charge < -0.3 is 9.42 Å². The number of rotatable bonds is 4. The summed E-state index contributed by atoms with van der Waals surface area (Å²) >= 11 is 0. The molecule has 3 heterocycles. The van der Waals surface area contributed by atoms with Crippen LogP contribution >= 0.6 is 0 Å². The first-order valence-corrected chi connectivity index (χ1v) is 7.85. The second-order valence-corrected chi connectivity index (χ2v) is 5.57. The van der Waals surface area contributed by atoms with E-state index in [0.29, 0.717) is 18.0 Å². The number of likely N-dealkylation sites (tertiary alicyclic amines) is 1. The molecule has 1 atom stereocenters. The Balaban J connectivity index is 1.70. The highest BCUT2D eigenvalue weighted by Gasteiger charge is 2.28. The van der Waals surface area contributed by atoms with E-state index in [-0.39, 0.29) is 11.8 Å². The SMILES string of the molecule is CCc1nc([C@H]2CCCN(C(=O)c3cnn(CC)c3)C2)no1. The Kier molecular flexibility index (Phi) is 4.22. The summed E-state index contributed by atoms with van der Waals surface area (Å²) in [5.41, 5.74) is 0.643. The van der Waals surface area contributed by atoms with Crippen LogP contribution in [0.15, 0.2) is 16.9 Å². The van der Waals surface area contributed by atoms with Crippen LogP contribution in [0.1, 0.15) is 54.7 Å². The second-order valence-electron chi connectivity index (χ2n) is 5.57. The van der Waals surface area contributed by atoms with E-state index in [4.69, 9.17) is 4.52 Å². The Morgan fingerprint density at radius 2 is 2.32 bits per heavy atom. The fourth-order valence-electron chi connectivity index (χ4n) is 2.78. The average Bonchev–Trinajstić information content (AvgIpc) is 3.23. The summed E-state index contributed by atoms with van der Waals surface area (Å²) < 4.78 is 6.95. The van der Waals surface area contributed by atoms with Crippen molar-refractivity contribution in [2.24, 2.45) is 0 Å². The molecule has 1 saturated heterocycles. The van der Waals surface area contributed by atoms with E-state index in [1.165, 1.54) is 0 Å². The highest BCUT2D eigenvalue weighted by atomic mass is 16.5. The van der Waals surface area contributed by atoms with Crippen LogP contribution in [0.25, 0.3) is 0 Å². The minimum Gasteiger partial charge on any atom is -0.339 e. The lowest BCUT2D eigenvalue weighted by Crippen LogP contribution is -2.39. The third-order valence-corrected chi connectivity index (χ3v) is 4.06. The molecule has 0 saturated carbocycles. The van der Waals surface area contributed by atoms with Crippen LogP contribution in [0.2, 0.25) is 0 Å². The van der Waals surface area contributed by atoms with E-state index in [1.807, 2.05) is 18.7 Å². The lowest BCUT2D eigenvalue weighted by molar-refractivity contribution is 0.0703. The number of aromatic nitrogens is 4. The lowest BCUT2D eigenvalue weighted by atomic mass is 9.97. The van der Waals surface area contributed by atoms with Gasteiger partial charge in [0.25, 0.3) is 5.91 Å². The van der Waals surface area contributed by atoms with Crippen molar-refractivity contribution in [2.75, 3.05) is 13.1 Å². The topological polar surface area (TPSA) is 77.1 Å². The summed E-state index contributed by atoms with van der Waals surface area (Å²) in [6.45, 7) is 6.15. The molecule has 1 aliphatic heterocycles. The van der Waals surface area contributed by atoms with Gasteiger partial charge in [-0.3, -0.25) is 9.48 Å². The molecule has 2 aromatic heterocycles. The molecule has 0 spiro atoms. The summed E-state index contributed by atoms with van der Waals surface area (Å²) in [6.07, 6.45) is 6.11. The molecule has 1 amide bonds. The number of nitrogens with zero attached hydrogens (tertiary/aromatic N) is 5. The van der Waals surface area contributed by atoms with Gasteiger partial charge in [0.05, 0.1) is 11.8 Å². The average molecular weight is 303 g/mol. The maximum atomic E-state index is 12.6. The quantitative estimate of drug-likeness (QED) is 0.861. The number of piperidine rings is 1. The number of hydrogen-bond donors (Lipinski definition) is 0. The standard InChI is InChI=1S/C15H21N5O2/c1-3-13-17-14(18-22-13)11-6-5-7-19(9-11)15(21)12-8-16-20(4-2)10-12/h8,10-11H,3-7,9H2,1-2H3/t11-/m0/s1. The Morgan fingerprint density at radius 3 is 3.00 bits per heavy atom. The second kappa shape index (κ2) is 6.29. The fourth-order valence-corrected chi connectivity index (χ4v) is 2.78. The molecule has 22 heavy (non-hydrogen) atoms. The maximum Gasteiger partial charge on any atom is 0.257 e. The minimum absolute atomic E-state index is 0.0311. The van der Waals surface area contributed by atoms with Crippen molar-refractivity contribution in [1.82, 2.24) is 24.8 Å². The van der Waals surface area contributed by atoms with Crippen molar-refractivity contribution in [3.05, 3.63) is 29.7 Å². The highest BCUT2D eigenvalue weighted by Crippen LogP contribution is 2.26. The van der Waals surface area contributed by atoms with E-state index in [9.17, 15) is 4.79 Å². The van der Waals surface area contributed by atoms with Crippen molar-refractivity contribution in [3.8, 4) is 0 Å². The normalized spacial score (nSPS) is 18.6. The Bertz CT molecular complexity index is 648. The lowest BCUT2D eigenvalue weighted by Gasteiger charge is -2.31. The van der Waals surface area contributed by atoms with Gasteiger partial charge in [-0.25, -0.2) is 0 Å². The summed E-state index contributed by atoms with van der Waals surface area (Å²) in [5, 5.41) is 8.23. The molecule has 0 aromatic carbocycles. The van der Waals surface area contributed by atoms with Gasteiger partial charge in [-0.1, -0.05) is 12.1 Å². The van der Waals surface area contributed by atoms with Crippen molar-refractivity contribution in [2.45, 2.75) is 45.6 Å². The van der Waals surface area contributed by atoms with Gasteiger partial charge in [0.15, 0.2) is 5.82 Å². The zero-order chi connectivity index (χ0) is 15.5. The Labute approximate surface area is 129 Å². The van der Waals surface area contributed by atoms with Crippen molar-refractivity contribution in [3.63, 3.8) is 0 Å². The fraction of sp³-hybridized carbons (Fsp3) is 0.600. The van der Waals surface area contributed by atoms with E-state index in [0.717, 1.165) is 38.2 Å². The third kappa shape index (κ3) is 2.88. The maximum absolute atomic E-state index is 12.6. The zero-order valence-electron chi connectivity index (χ0n) is 13.0. The van der Waals surface area contributed by atoms with Gasteiger partial charge >= 0.3 is 0 Å². The molecule has 0 bridgehead atoms. The van der Waals surface area contributed by atoms with Crippen LogP contribution < -0.4 is 0 Å². The van der Waals surface area contributed by atoms with E-state index >= 15 is 0 Å². The van der Waals surface area contributed by atoms with E-state index in [1.54, 1.807) is 17.1 Å². The van der Waals surface area contributed by atoms with Gasteiger partial charge in [-0.2, -0.15) is 10.1 Å². The van der Waals surface area contributed by atoms with Crippen LogP contribution in [-0.2, 0) is 13.0 Å². The number of aryl methyl sites for hydroxylation is 2. The largest absolute Gasteiger partial charge is 0.339 e. The number of hydrogen-bond acceptors (Lipinski definition) is 5. The third-order valence-electron chi connectivity index (χ3n) is 4.06. The van der Waals surface area contributed by atoms with Crippen LogP contribution in [0.5, 0.6) is 0 Å². The van der Waals surface area contributed by atoms with Gasteiger partial charge in [0, 0.05) is 38.2 Å². The molecule has 1 aliphatic rings. The molecule has 3 rings (SSSR count). The van der Waals surface area contributed by atoms with Gasteiger partial charge in [0.1, 0.15) is 0 Å². The molecule has 7 heteroatoms. The number of carbonyl (C=O) groups excluding carboxylic acids is 1. The van der Waals surface area contributed by atoms with Crippen molar-refractivity contribution >= 4 is 5.91 Å². The minimum atomic E-state index is 0.0311. The van der Waals surface area contributed by atoms with Gasteiger partial charge in [-0.05, 0) is 19.8 Å². The summed E-state index contributed by atoms with van der Waals surface area (Å²) in [4.78, 5) is 18.8. The molecule has 2 aromatic rings. The van der Waals surface area contributed by atoms with Crippen LogP contribution in [0, 0.1) is 0 Å². The molecule has 0 unspecified atom stereocenters. The van der Waals surface area contributed by atoms with Crippen LogP contribution in [0.3, 0.4) is 0 Å². The summed E-state index contributed by atoms with van der Waals surface area (Å²) in [6, 6.07) is 0. The number of carbonyl (C=O) groups is 1. The first-order chi connectivity index (χ1) is 10.7. The smallest absolute Gasteiger partial charge is 0.257 e. The van der Waals surface area contributed by atoms with E-state index < -0.39 is 0 Å². The molecule has 118 valence electrons. The van der Waals surface area contributed by atoms with E-state index in [2.05, 4.69) is 15.2 Å². The summed E-state index contributed by atoms with van der Waals surface area (Å²) in [5.74, 6) is 1.56. The molecule has 0 N–H and O–H groups in total. The Hall–Kier alpha value is -2.18. The predicted octanol–water partition coefficient (Wildman–Crippen LogP) is 1.87. The van der Waals surface area contributed by atoms with Crippen LogP contribution in [0.4, 0.5) is 0 Å². The molecular weight excluding hydrogens is 282 g/mol. The number of amides is 1. The molecular formula is C15H21N5O2. The first-order valence-electron chi connectivity index (χ1n) is 7.85. The zero-order valence-corrected chi connectivity index (χ0v) is 13.0. The van der Waals surface area contributed by atoms with Gasteiger partial charge in [-0.15, -0.1) is 0 Å². The predicted molar refractivity (Wildman–Crippen MR) is 79.5 cm³/mol. The van der Waals surface area contributed by atoms with Gasteiger partial charge in [0.2, 0.25) is 5.89 Å². The molecule has 0 radical (unpaired) electrons. The highest BCUT2D eigenvalue weighted by molar-refractivity contribution is 5.93. The van der Waals surface area contributed by atoms with Crippen molar-refractivity contribution in [1.29, 1.82) is 0 Å². The monoisotopic (exact) mass is 303 g/mol.